The Morgan fingerprint density at radius 1 is 0.852 bits per heavy atom. The quantitative estimate of drug-likeness (QED) is 0.757. The average Bonchev–Trinajstić information content (AvgIpc) is 3.23. The van der Waals surface area contributed by atoms with E-state index < -0.39 is 8.32 Å². The molecule has 2 aliphatic heterocycles. The molecule has 4 rings (SSSR count). The molecule has 0 aliphatic carbocycles. The van der Waals surface area contributed by atoms with Crippen molar-refractivity contribution >= 4 is 18.7 Å². The SMILES string of the molecule is C[C@H]1CO[C@H]2OC[C@H](O[Si](c3ccccc3)(c3ccccc3)C(C)(C)C)[C@H]21. The number of fused-ring (bicyclic) bond motifs is 1. The Morgan fingerprint density at radius 3 is 1.89 bits per heavy atom. The highest BCUT2D eigenvalue weighted by Gasteiger charge is 2.55. The number of hydrogen-bond acceptors (Lipinski definition) is 3. The smallest absolute Gasteiger partial charge is 0.261 e. The van der Waals surface area contributed by atoms with Crippen LogP contribution < -0.4 is 10.4 Å². The molecule has 0 spiro atoms. The van der Waals surface area contributed by atoms with Gasteiger partial charge in [-0.15, -0.1) is 0 Å². The predicted molar refractivity (Wildman–Crippen MR) is 111 cm³/mol. The molecule has 0 amide bonds. The molecule has 2 saturated heterocycles. The molecule has 0 radical (unpaired) electrons. The summed E-state index contributed by atoms with van der Waals surface area (Å²) >= 11 is 0. The van der Waals surface area contributed by atoms with Crippen molar-refractivity contribution in [1.29, 1.82) is 0 Å². The Balaban J connectivity index is 1.83. The van der Waals surface area contributed by atoms with Crippen LogP contribution in [0.1, 0.15) is 27.7 Å². The van der Waals surface area contributed by atoms with Crippen LogP contribution in [-0.4, -0.2) is 33.9 Å². The minimum atomic E-state index is -2.54. The lowest BCUT2D eigenvalue weighted by Gasteiger charge is -2.45. The molecular formula is C23H30O3Si. The van der Waals surface area contributed by atoms with Crippen LogP contribution in [0, 0.1) is 11.8 Å². The van der Waals surface area contributed by atoms with Gasteiger partial charge in [-0.3, -0.25) is 0 Å². The molecule has 27 heavy (non-hydrogen) atoms. The molecule has 2 aromatic rings. The summed E-state index contributed by atoms with van der Waals surface area (Å²) < 4.78 is 19.1. The first-order valence-corrected chi connectivity index (χ1v) is 11.9. The first kappa shape index (κ1) is 18.9. The van der Waals surface area contributed by atoms with E-state index in [1.54, 1.807) is 0 Å². The Labute approximate surface area is 163 Å². The van der Waals surface area contributed by atoms with Gasteiger partial charge >= 0.3 is 0 Å². The number of benzene rings is 2. The van der Waals surface area contributed by atoms with Crippen molar-refractivity contribution in [3.05, 3.63) is 60.7 Å². The molecular weight excluding hydrogens is 352 g/mol. The molecule has 0 unspecified atom stereocenters. The highest BCUT2D eigenvalue weighted by molar-refractivity contribution is 6.99. The van der Waals surface area contributed by atoms with Gasteiger partial charge in [-0.1, -0.05) is 88.4 Å². The minimum absolute atomic E-state index is 0.0174. The summed E-state index contributed by atoms with van der Waals surface area (Å²) in [6.45, 7) is 10.6. The summed E-state index contributed by atoms with van der Waals surface area (Å²) in [4.78, 5) is 0. The second-order valence-electron chi connectivity index (χ2n) is 8.91. The summed E-state index contributed by atoms with van der Waals surface area (Å²) in [5.41, 5.74) is 0. The highest BCUT2D eigenvalue weighted by Crippen LogP contribution is 2.43. The van der Waals surface area contributed by atoms with Crippen molar-refractivity contribution in [3.8, 4) is 0 Å². The van der Waals surface area contributed by atoms with Gasteiger partial charge < -0.3 is 13.9 Å². The largest absolute Gasteiger partial charge is 0.402 e. The van der Waals surface area contributed by atoms with E-state index in [-0.39, 0.29) is 17.4 Å². The van der Waals surface area contributed by atoms with Crippen LogP contribution >= 0.6 is 0 Å². The average molecular weight is 383 g/mol. The normalized spacial score (nSPS) is 28.3. The molecule has 4 heteroatoms. The van der Waals surface area contributed by atoms with Gasteiger partial charge in [0.05, 0.1) is 19.3 Å². The van der Waals surface area contributed by atoms with Crippen molar-refractivity contribution in [2.45, 2.75) is 45.1 Å². The third-order valence-electron chi connectivity index (χ3n) is 6.09. The lowest BCUT2D eigenvalue weighted by Crippen LogP contribution is -2.68. The van der Waals surface area contributed by atoms with Crippen LogP contribution in [-0.2, 0) is 13.9 Å². The second kappa shape index (κ2) is 7.17. The molecule has 2 aromatic carbocycles. The summed E-state index contributed by atoms with van der Waals surface area (Å²) in [6.07, 6.45) is -0.0398. The Bertz CT molecular complexity index is 717. The zero-order chi connectivity index (χ0) is 19.1. The van der Waals surface area contributed by atoms with Gasteiger partial charge in [-0.05, 0) is 21.3 Å². The first-order chi connectivity index (χ1) is 12.9. The predicted octanol–water partition coefficient (Wildman–Crippen LogP) is 3.57. The van der Waals surface area contributed by atoms with E-state index in [4.69, 9.17) is 13.9 Å². The van der Waals surface area contributed by atoms with Gasteiger partial charge in [0.1, 0.15) is 0 Å². The van der Waals surface area contributed by atoms with Crippen molar-refractivity contribution in [1.82, 2.24) is 0 Å². The first-order valence-electron chi connectivity index (χ1n) is 9.95. The lowest BCUT2D eigenvalue weighted by atomic mass is 9.93. The third-order valence-corrected chi connectivity index (χ3v) is 11.2. The van der Waals surface area contributed by atoms with Gasteiger partial charge in [0, 0.05) is 5.92 Å². The van der Waals surface area contributed by atoms with Gasteiger partial charge in [0.2, 0.25) is 0 Å². The topological polar surface area (TPSA) is 27.7 Å². The molecule has 144 valence electrons. The Hall–Kier alpha value is -1.46. The van der Waals surface area contributed by atoms with E-state index in [1.807, 2.05) is 0 Å². The van der Waals surface area contributed by atoms with E-state index in [2.05, 4.69) is 88.4 Å². The fourth-order valence-electron chi connectivity index (χ4n) is 4.77. The standard InChI is InChI=1S/C23H30O3Si/c1-17-15-24-22-21(17)20(16-25-22)26-27(23(2,3)4,18-11-7-5-8-12-18)19-13-9-6-10-14-19/h5-14,17,20-22H,15-16H2,1-4H3/t17-,20-,21+,22-/m0/s1. The Morgan fingerprint density at radius 2 is 1.37 bits per heavy atom. The van der Waals surface area contributed by atoms with Crippen LogP contribution in [0.5, 0.6) is 0 Å². The van der Waals surface area contributed by atoms with Crippen molar-refractivity contribution in [2.24, 2.45) is 11.8 Å². The zero-order valence-corrected chi connectivity index (χ0v) is 17.7. The molecule has 3 nitrogen and oxygen atoms in total. The maximum Gasteiger partial charge on any atom is 0.261 e. The van der Waals surface area contributed by atoms with E-state index in [0.29, 0.717) is 18.4 Å². The molecule has 4 atom stereocenters. The van der Waals surface area contributed by atoms with Gasteiger partial charge in [0.25, 0.3) is 8.32 Å². The zero-order valence-electron chi connectivity index (χ0n) is 16.7. The van der Waals surface area contributed by atoms with Crippen LogP contribution in [0.25, 0.3) is 0 Å². The summed E-state index contributed by atoms with van der Waals surface area (Å²) in [5, 5.41) is 2.62. The molecule has 2 aliphatic rings. The van der Waals surface area contributed by atoms with Crippen LogP contribution in [0.4, 0.5) is 0 Å². The van der Waals surface area contributed by atoms with Crippen LogP contribution in [0.3, 0.4) is 0 Å². The van der Waals surface area contributed by atoms with E-state index in [9.17, 15) is 0 Å². The fraction of sp³-hybridized carbons (Fsp3) is 0.478. The number of rotatable bonds is 4. The third kappa shape index (κ3) is 3.19. The lowest BCUT2D eigenvalue weighted by molar-refractivity contribution is -0.0908. The molecule has 2 fully saturated rings. The van der Waals surface area contributed by atoms with Crippen LogP contribution in [0.15, 0.2) is 60.7 Å². The van der Waals surface area contributed by atoms with Crippen molar-refractivity contribution in [3.63, 3.8) is 0 Å². The van der Waals surface area contributed by atoms with E-state index in [1.165, 1.54) is 10.4 Å². The second-order valence-corrected chi connectivity index (χ2v) is 13.2. The summed E-state index contributed by atoms with van der Waals surface area (Å²) in [6, 6.07) is 21.6. The van der Waals surface area contributed by atoms with Gasteiger partial charge in [-0.2, -0.15) is 0 Å². The number of ether oxygens (including phenoxy) is 2. The van der Waals surface area contributed by atoms with Gasteiger partial charge in [-0.25, -0.2) is 0 Å². The summed E-state index contributed by atoms with van der Waals surface area (Å²) in [5.74, 6) is 0.771. The molecule has 0 bridgehead atoms. The molecule has 0 saturated carbocycles. The van der Waals surface area contributed by atoms with Crippen molar-refractivity contribution in [2.75, 3.05) is 13.2 Å². The Kier molecular flexibility index (Phi) is 5.01. The number of hydrogen-bond donors (Lipinski definition) is 0. The van der Waals surface area contributed by atoms with Crippen molar-refractivity contribution < 1.29 is 13.9 Å². The summed E-state index contributed by atoms with van der Waals surface area (Å²) in [7, 11) is -2.54. The van der Waals surface area contributed by atoms with E-state index in [0.717, 1.165) is 6.61 Å². The monoisotopic (exact) mass is 382 g/mol. The molecule has 0 aromatic heterocycles. The van der Waals surface area contributed by atoms with Gasteiger partial charge in [0.15, 0.2) is 6.29 Å². The van der Waals surface area contributed by atoms with Crippen LogP contribution in [0.2, 0.25) is 5.04 Å². The maximum atomic E-state index is 7.25. The highest BCUT2D eigenvalue weighted by atomic mass is 28.4. The fourth-order valence-corrected chi connectivity index (χ4v) is 9.46. The molecule has 2 heterocycles. The maximum absolute atomic E-state index is 7.25. The molecule has 0 N–H and O–H groups in total. The van der Waals surface area contributed by atoms with E-state index >= 15 is 0 Å². The minimum Gasteiger partial charge on any atom is -0.402 e.